The van der Waals surface area contributed by atoms with Crippen LogP contribution in [0.4, 0.5) is 5.69 Å². The lowest BCUT2D eigenvalue weighted by Crippen LogP contribution is -1.82. The zero-order valence-corrected chi connectivity index (χ0v) is 11.4. The molecule has 102 valence electrons. The van der Waals surface area contributed by atoms with Crippen LogP contribution >= 0.6 is 12.4 Å². The highest BCUT2D eigenvalue weighted by Crippen LogP contribution is 2.24. The van der Waals surface area contributed by atoms with E-state index < -0.39 is 0 Å². The molecule has 0 fully saturated rings. The molecule has 0 radical (unpaired) electrons. The summed E-state index contributed by atoms with van der Waals surface area (Å²) in [5, 5.41) is 10.3. The summed E-state index contributed by atoms with van der Waals surface area (Å²) in [6.45, 7) is 0. The van der Waals surface area contributed by atoms with Gasteiger partial charge in [0.2, 0.25) is 0 Å². The smallest absolute Gasteiger partial charge is 0.135 e. The van der Waals surface area contributed by atoms with Crippen LogP contribution in [0.2, 0.25) is 0 Å². The van der Waals surface area contributed by atoms with Gasteiger partial charge in [0, 0.05) is 11.1 Å². The van der Waals surface area contributed by atoms with E-state index in [4.69, 9.17) is 10.2 Å². The highest BCUT2D eigenvalue weighted by atomic mass is 35.5. The fourth-order valence-corrected chi connectivity index (χ4v) is 1.92. The van der Waals surface area contributed by atoms with Gasteiger partial charge in [-0.1, -0.05) is 18.2 Å². The Morgan fingerprint density at radius 1 is 0.950 bits per heavy atom. The van der Waals surface area contributed by atoms with E-state index in [-0.39, 0.29) is 18.2 Å². The molecule has 0 saturated carbocycles. The van der Waals surface area contributed by atoms with Gasteiger partial charge in [-0.3, -0.25) is 0 Å². The largest absolute Gasteiger partial charge is 0.508 e. The first-order valence-electron chi connectivity index (χ1n) is 5.97. The molecule has 3 nitrogen and oxygen atoms in total. The van der Waals surface area contributed by atoms with Crippen LogP contribution in [0.25, 0.3) is 23.1 Å². The average Bonchev–Trinajstić information content (AvgIpc) is 2.80. The summed E-state index contributed by atoms with van der Waals surface area (Å²) in [6, 6.07) is 14.5. The second kappa shape index (κ2) is 5.72. The van der Waals surface area contributed by atoms with Gasteiger partial charge in [-0.2, -0.15) is 0 Å². The number of nitrogens with two attached hydrogens (primary N) is 1. The second-order valence-electron chi connectivity index (χ2n) is 4.37. The highest BCUT2D eigenvalue weighted by molar-refractivity contribution is 5.85. The van der Waals surface area contributed by atoms with E-state index in [2.05, 4.69) is 0 Å². The number of phenolic OH excluding ortho intramolecular Hbond substituents is 1. The predicted octanol–water partition coefficient (Wildman–Crippen LogP) is 4.31. The molecule has 2 aromatic carbocycles. The molecular weight excluding hydrogens is 274 g/mol. The maximum absolute atomic E-state index is 9.40. The normalized spacial score (nSPS) is 10.8. The zero-order chi connectivity index (χ0) is 13.2. The molecule has 0 atom stereocenters. The van der Waals surface area contributed by atoms with Gasteiger partial charge in [-0.05, 0) is 48.0 Å². The molecule has 0 aliphatic carbocycles. The molecule has 0 bridgehead atoms. The molecule has 0 amide bonds. The van der Waals surface area contributed by atoms with Gasteiger partial charge in [0.25, 0.3) is 0 Å². The number of furan rings is 1. The van der Waals surface area contributed by atoms with Crippen LogP contribution in [0.3, 0.4) is 0 Å². The van der Waals surface area contributed by atoms with E-state index in [0.717, 1.165) is 28.0 Å². The second-order valence-corrected chi connectivity index (χ2v) is 4.37. The van der Waals surface area contributed by atoms with Crippen LogP contribution in [-0.2, 0) is 0 Å². The molecule has 1 heterocycles. The van der Waals surface area contributed by atoms with Crippen LogP contribution in [0.15, 0.2) is 52.9 Å². The Balaban J connectivity index is 0.00000147. The van der Waals surface area contributed by atoms with Crippen LogP contribution in [-0.4, -0.2) is 5.11 Å². The van der Waals surface area contributed by atoms with Gasteiger partial charge >= 0.3 is 0 Å². The van der Waals surface area contributed by atoms with Gasteiger partial charge in [0.1, 0.15) is 17.1 Å². The molecular formula is C16H14ClNO2. The molecule has 0 aliphatic rings. The Morgan fingerprint density at radius 3 is 2.45 bits per heavy atom. The first-order chi connectivity index (χ1) is 9.20. The standard InChI is InChI=1S/C16H13NO2.ClH/c17-13-4-1-11(2-5-13)3-7-15-10-12-9-14(18)6-8-16(12)19-15;/h1-10,18H,17H2;1H. The van der Waals surface area contributed by atoms with Crippen LogP contribution in [0.1, 0.15) is 11.3 Å². The minimum atomic E-state index is 0. The van der Waals surface area contributed by atoms with Gasteiger partial charge in [0.05, 0.1) is 0 Å². The van der Waals surface area contributed by atoms with Crippen molar-refractivity contribution in [3.63, 3.8) is 0 Å². The summed E-state index contributed by atoms with van der Waals surface area (Å²) >= 11 is 0. The number of hydrogen-bond donors (Lipinski definition) is 2. The molecule has 0 aliphatic heterocycles. The molecule has 1 aromatic heterocycles. The van der Waals surface area contributed by atoms with Gasteiger partial charge < -0.3 is 15.3 Å². The number of fused-ring (bicyclic) bond motifs is 1. The van der Waals surface area contributed by atoms with Crippen LogP contribution < -0.4 is 5.73 Å². The number of phenols is 1. The van der Waals surface area contributed by atoms with E-state index in [1.165, 1.54) is 0 Å². The summed E-state index contributed by atoms with van der Waals surface area (Å²) in [6.07, 6.45) is 3.85. The number of anilines is 1. The Labute approximate surface area is 122 Å². The number of nitrogen functional groups attached to an aromatic ring is 1. The first kappa shape index (κ1) is 14.0. The number of rotatable bonds is 2. The Morgan fingerprint density at radius 2 is 1.70 bits per heavy atom. The van der Waals surface area contributed by atoms with E-state index in [1.807, 2.05) is 42.5 Å². The predicted molar refractivity (Wildman–Crippen MR) is 84.9 cm³/mol. The van der Waals surface area contributed by atoms with Crippen molar-refractivity contribution in [1.82, 2.24) is 0 Å². The summed E-state index contributed by atoms with van der Waals surface area (Å²) in [7, 11) is 0. The Kier molecular flexibility index (Phi) is 4.01. The monoisotopic (exact) mass is 287 g/mol. The molecule has 0 spiro atoms. The van der Waals surface area contributed by atoms with E-state index in [9.17, 15) is 5.11 Å². The van der Waals surface area contributed by atoms with Crippen molar-refractivity contribution >= 4 is 41.2 Å². The fraction of sp³-hybridized carbons (Fsp3) is 0. The quantitative estimate of drug-likeness (QED) is 0.690. The summed E-state index contributed by atoms with van der Waals surface area (Å²) in [4.78, 5) is 0. The van der Waals surface area contributed by atoms with Crippen molar-refractivity contribution < 1.29 is 9.52 Å². The maximum Gasteiger partial charge on any atom is 0.135 e. The summed E-state index contributed by atoms with van der Waals surface area (Å²) < 4.78 is 5.65. The van der Waals surface area contributed by atoms with Crippen molar-refractivity contribution in [3.8, 4) is 5.75 Å². The molecule has 3 rings (SSSR count). The minimum absolute atomic E-state index is 0. The third kappa shape index (κ3) is 2.95. The Hall–Kier alpha value is -2.39. The number of benzene rings is 2. The fourth-order valence-electron chi connectivity index (χ4n) is 1.92. The van der Waals surface area contributed by atoms with Gasteiger partial charge in [-0.15, -0.1) is 12.4 Å². The number of halogens is 1. The molecule has 0 unspecified atom stereocenters. The van der Waals surface area contributed by atoms with Gasteiger partial charge in [-0.25, -0.2) is 0 Å². The number of hydrogen-bond acceptors (Lipinski definition) is 3. The minimum Gasteiger partial charge on any atom is -0.508 e. The van der Waals surface area contributed by atoms with Crippen molar-refractivity contribution in [2.45, 2.75) is 0 Å². The van der Waals surface area contributed by atoms with Crippen molar-refractivity contribution in [3.05, 3.63) is 59.9 Å². The van der Waals surface area contributed by atoms with E-state index >= 15 is 0 Å². The average molecular weight is 288 g/mol. The number of aromatic hydroxyl groups is 1. The van der Waals surface area contributed by atoms with Crippen molar-refractivity contribution in [1.29, 1.82) is 0 Å². The molecule has 0 saturated heterocycles. The van der Waals surface area contributed by atoms with Crippen LogP contribution in [0.5, 0.6) is 5.75 Å². The van der Waals surface area contributed by atoms with Crippen LogP contribution in [0, 0.1) is 0 Å². The Bertz CT molecular complexity index is 745. The highest BCUT2D eigenvalue weighted by Gasteiger charge is 2.01. The van der Waals surface area contributed by atoms with E-state index in [0.29, 0.717) is 0 Å². The van der Waals surface area contributed by atoms with Crippen molar-refractivity contribution in [2.24, 2.45) is 0 Å². The zero-order valence-electron chi connectivity index (χ0n) is 10.6. The first-order valence-corrected chi connectivity index (χ1v) is 5.97. The molecule has 3 aromatic rings. The van der Waals surface area contributed by atoms with Gasteiger partial charge in [0.15, 0.2) is 0 Å². The molecule has 20 heavy (non-hydrogen) atoms. The summed E-state index contributed by atoms with van der Waals surface area (Å²) in [5.41, 5.74) is 8.19. The third-order valence-corrected chi connectivity index (χ3v) is 2.90. The van der Waals surface area contributed by atoms with E-state index in [1.54, 1.807) is 18.2 Å². The summed E-state index contributed by atoms with van der Waals surface area (Å²) in [5.74, 6) is 0.986. The molecule has 3 N–H and O–H groups in total. The lowest BCUT2D eigenvalue weighted by molar-refractivity contribution is 0.476. The topological polar surface area (TPSA) is 59.4 Å². The lowest BCUT2D eigenvalue weighted by Gasteiger charge is -1.93. The SMILES string of the molecule is Cl.Nc1ccc(C=Cc2cc3cc(O)ccc3o2)cc1. The molecule has 4 heteroatoms. The maximum atomic E-state index is 9.40. The third-order valence-electron chi connectivity index (χ3n) is 2.90. The van der Waals surface area contributed by atoms with Crippen molar-refractivity contribution in [2.75, 3.05) is 5.73 Å². The lowest BCUT2D eigenvalue weighted by atomic mass is 10.2.